The predicted octanol–water partition coefficient (Wildman–Crippen LogP) is 1.22. The zero-order chi connectivity index (χ0) is 6.15. The van der Waals surface area contributed by atoms with Gasteiger partial charge in [0, 0.05) is 5.92 Å². The number of amidine groups is 1. The minimum absolute atomic E-state index is 0.227. The van der Waals surface area contributed by atoms with Crippen LogP contribution in [-0.4, -0.2) is 11.0 Å². The quantitative estimate of drug-likeness (QED) is 0.402. The van der Waals surface area contributed by atoms with Crippen LogP contribution in [0.25, 0.3) is 0 Å². The number of hydrogen-bond acceptors (Lipinski definition) is 3. The molecule has 44 valence electrons. The van der Waals surface area contributed by atoms with Crippen LogP contribution in [0.5, 0.6) is 0 Å². The first-order valence-corrected chi connectivity index (χ1v) is 2.52. The van der Waals surface area contributed by atoms with Crippen LogP contribution in [0.15, 0.2) is 10.4 Å². The van der Waals surface area contributed by atoms with Crippen molar-refractivity contribution >= 4 is 5.84 Å². The van der Waals surface area contributed by atoms with E-state index in [-0.39, 0.29) is 5.92 Å². The van der Waals surface area contributed by atoms with E-state index in [1.165, 1.54) is 5.12 Å². The average molecular weight is 112 g/mol. The van der Waals surface area contributed by atoms with Crippen molar-refractivity contribution in [2.45, 2.75) is 13.8 Å². The topological polar surface area (TPSA) is 51.6 Å². The molecular formula is C4H8N4. The standard InChI is InChI=1S/C4H8N4/c1-3(2)4(5)8-6-7-8/h3,5H,1-2H3. The first-order valence-electron chi connectivity index (χ1n) is 2.52. The number of hydrogen-bond donors (Lipinski definition) is 1. The summed E-state index contributed by atoms with van der Waals surface area (Å²) in [5.41, 5.74) is 0. The van der Waals surface area contributed by atoms with Crippen molar-refractivity contribution in [1.29, 1.82) is 5.41 Å². The Kier molecular flexibility index (Phi) is 1.00. The van der Waals surface area contributed by atoms with E-state index in [0.29, 0.717) is 5.84 Å². The second-order valence-corrected chi connectivity index (χ2v) is 2.01. The molecule has 0 fully saturated rings. The summed E-state index contributed by atoms with van der Waals surface area (Å²) >= 11 is 0. The summed E-state index contributed by atoms with van der Waals surface area (Å²) in [6, 6.07) is 0. The molecule has 1 heterocycles. The third-order valence-electron chi connectivity index (χ3n) is 0.941. The van der Waals surface area contributed by atoms with Crippen molar-refractivity contribution in [2.24, 2.45) is 16.4 Å². The van der Waals surface area contributed by atoms with E-state index in [1.54, 1.807) is 0 Å². The first kappa shape index (κ1) is 5.21. The second-order valence-electron chi connectivity index (χ2n) is 2.01. The minimum Gasteiger partial charge on any atom is -0.285 e. The molecule has 0 radical (unpaired) electrons. The van der Waals surface area contributed by atoms with Crippen molar-refractivity contribution in [1.82, 2.24) is 5.12 Å². The van der Waals surface area contributed by atoms with Crippen molar-refractivity contribution in [2.75, 3.05) is 0 Å². The maximum atomic E-state index is 7.20. The van der Waals surface area contributed by atoms with Crippen LogP contribution in [0.4, 0.5) is 0 Å². The van der Waals surface area contributed by atoms with E-state index in [9.17, 15) is 0 Å². The highest BCUT2D eigenvalue weighted by atomic mass is 15.9. The SMILES string of the molecule is CC(C)C(=N)N1N=N1. The van der Waals surface area contributed by atoms with E-state index in [0.717, 1.165) is 0 Å². The first-order chi connectivity index (χ1) is 3.72. The number of nitrogens with one attached hydrogen (secondary N) is 1. The molecule has 0 aromatic heterocycles. The summed E-state index contributed by atoms with van der Waals surface area (Å²) in [7, 11) is 0. The van der Waals surface area contributed by atoms with E-state index in [4.69, 9.17) is 5.41 Å². The smallest absolute Gasteiger partial charge is 0.149 e. The lowest BCUT2D eigenvalue weighted by Crippen LogP contribution is -2.14. The van der Waals surface area contributed by atoms with Crippen LogP contribution in [0.3, 0.4) is 0 Å². The lowest BCUT2D eigenvalue weighted by molar-refractivity contribution is 0.642. The Balaban J connectivity index is 2.34. The molecule has 0 unspecified atom stereocenters. The van der Waals surface area contributed by atoms with Crippen molar-refractivity contribution in [3.05, 3.63) is 0 Å². The molecular weight excluding hydrogens is 104 g/mol. The molecule has 0 aromatic rings. The second kappa shape index (κ2) is 1.54. The van der Waals surface area contributed by atoms with Gasteiger partial charge in [-0.05, 0) is 10.4 Å². The fourth-order valence-electron chi connectivity index (χ4n) is 0.347. The van der Waals surface area contributed by atoms with Crippen molar-refractivity contribution in [3.8, 4) is 0 Å². The van der Waals surface area contributed by atoms with E-state index < -0.39 is 0 Å². The summed E-state index contributed by atoms with van der Waals surface area (Å²) < 4.78 is 0. The third kappa shape index (κ3) is 0.828. The molecule has 4 nitrogen and oxygen atoms in total. The molecule has 1 N–H and O–H groups in total. The van der Waals surface area contributed by atoms with Gasteiger partial charge in [0.2, 0.25) is 0 Å². The van der Waals surface area contributed by atoms with Gasteiger partial charge in [-0.1, -0.05) is 19.0 Å². The Labute approximate surface area is 47.7 Å². The zero-order valence-electron chi connectivity index (χ0n) is 4.92. The largest absolute Gasteiger partial charge is 0.285 e. The van der Waals surface area contributed by atoms with Gasteiger partial charge in [-0.15, -0.1) is 0 Å². The Morgan fingerprint density at radius 1 is 1.50 bits per heavy atom. The van der Waals surface area contributed by atoms with Crippen molar-refractivity contribution in [3.63, 3.8) is 0 Å². The summed E-state index contributed by atoms with van der Waals surface area (Å²) in [6.07, 6.45) is 0. The van der Waals surface area contributed by atoms with E-state index in [1.807, 2.05) is 13.8 Å². The molecule has 1 rings (SSSR count). The minimum atomic E-state index is 0.227. The predicted molar refractivity (Wildman–Crippen MR) is 29.3 cm³/mol. The van der Waals surface area contributed by atoms with Gasteiger partial charge in [0.05, 0.1) is 0 Å². The van der Waals surface area contributed by atoms with Gasteiger partial charge < -0.3 is 0 Å². The van der Waals surface area contributed by atoms with Crippen molar-refractivity contribution < 1.29 is 0 Å². The van der Waals surface area contributed by atoms with Gasteiger partial charge in [-0.3, -0.25) is 5.41 Å². The Bertz CT molecular complexity index is 127. The molecule has 0 spiro atoms. The number of nitrogens with zero attached hydrogens (tertiary/aromatic N) is 3. The molecule has 0 saturated heterocycles. The fraction of sp³-hybridized carbons (Fsp3) is 0.750. The van der Waals surface area contributed by atoms with Crippen LogP contribution < -0.4 is 0 Å². The van der Waals surface area contributed by atoms with Crippen LogP contribution in [0.1, 0.15) is 13.8 Å². The summed E-state index contributed by atoms with van der Waals surface area (Å²) in [5, 5.41) is 15.4. The van der Waals surface area contributed by atoms with Crippen LogP contribution >= 0.6 is 0 Å². The molecule has 0 amide bonds. The highest BCUT2D eigenvalue weighted by Gasteiger charge is 2.19. The molecule has 8 heavy (non-hydrogen) atoms. The molecule has 0 saturated carbocycles. The third-order valence-corrected chi connectivity index (χ3v) is 0.941. The van der Waals surface area contributed by atoms with Gasteiger partial charge in [0.25, 0.3) is 0 Å². The maximum absolute atomic E-state index is 7.20. The Hall–Kier alpha value is -0.930. The maximum Gasteiger partial charge on any atom is 0.149 e. The average Bonchev–Trinajstić information content (AvgIpc) is 2.43. The van der Waals surface area contributed by atoms with Crippen LogP contribution in [0, 0.1) is 11.3 Å². The highest BCUT2D eigenvalue weighted by Crippen LogP contribution is 2.12. The van der Waals surface area contributed by atoms with E-state index in [2.05, 4.69) is 10.4 Å². The molecule has 4 heteroatoms. The molecule has 1 aliphatic heterocycles. The van der Waals surface area contributed by atoms with Gasteiger partial charge in [-0.2, -0.15) is 0 Å². The van der Waals surface area contributed by atoms with Gasteiger partial charge >= 0.3 is 0 Å². The highest BCUT2D eigenvalue weighted by molar-refractivity contribution is 5.80. The van der Waals surface area contributed by atoms with Gasteiger partial charge in [0.1, 0.15) is 5.84 Å². The Morgan fingerprint density at radius 3 is 2.12 bits per heavy atom. The Morgan fingerprint density at radius 2 is 2.00 bits per heavy atom. The summed E-state index contributed by atoms with van der Waals surface area (Å²) in [5.74, 6) is 0.690. The van der Waals surface area contributed by atoms with Crippen LogP contribution in [-0.2, 0) is 0 Å². The van der Waals surface area contributed by atoms with Crippen LogP contribution in [0.2, 0.25) is 0 Å². The lowest BCUT2D eigenvalue weighted by atomic mass is 10.2. The summed E-state index contributed by atoms with van der Waals surface area (Å²) in [6.45, 7) is 3.87. The normalized spacial score (nSPS) is 15.1. The monoisotopic (exact) mass is 112 g/mol. The van der Waals surface area contributed by atoms with E-state index >= 15 is 0 Å². The van der Waals surface area contributed by atoms with Gasteiger partial charge in [-0.25, -0.2) is 0 Å². The molecule has 0 aromatic carbocycles. The zero-order valence-corrected chi connectivity index (χ0v) is 4.92. The molecule has 0 aliphatic carbocycles. The molecule has 0 bridgehead atoms. The number of rotatable bonds is 1. The molecule has 1 aliphatic rings. The summed E-state index contributed by atoms with van der Waals surface area (Å²) in [4.78, 5) is 0. The fourth-order valence-corrected chi connectivity index (χ4v) is 0.347. The lowest BCUT2D eigenvalue weighted by Gasteiger charge is -2.00. The van der Waals surface area contributed by atoms with Gasteiger partial charge in [0.15, 0.2) is 0 Å². The molecule has 0 atom stereocenters.